The van der Waals surface area contributed by atoms with E-state index in [2.05, 4.69) is 0 Å². The van der Waals surface area contributed by atoms with Gasteiger partial charge in [0.1, 0.15) is 0 Å². The molecule has 0 aromatic carbocycles. The van der Waals surface area contributed by atoms with Crippen LogP contribution in [0.2, 0.25) is 0 Å². The van der Waals surface area contributed by atoms with Crippen LogP contribution in [0, 0.1) is 0 Å². The molecular weight excluding hydrogens is 154 g/mol. The molecule has 0 heterocycles. The third kappa shape index (κ3) is 24.7. The quantitative estimate of drug-likeness (QED) is 0.316. The highest BCUT2D eigenvalue weighted by molar-refractivity contribution is 5.76. The van der Waals surface area contributed by atoms with E-state index in [1.807, 2.05) is 0 Å². The first-order chi connectivity index (χ1) is 0. The Morgan fingerprint density at radius 3 is 0.333 bits per heavy atom. The Hall–Kier alpha value is 3.90. The van der Waals surface area contributed by atoms with Crippen LogP contribution in [0.5, 0.6) is 0 Å². The van der Waals surface area contributed by atoms with Crippen LogP contribution in [0.15, 0.2) is 0 Å². The molecule has 0 saturated carbocycles. The second-order valence-electron chi connectivity index (χ2n) is 0. The van der Waals surface area contributed by atoms with E-state index in [0.717, 1.165) is 0 Å². The van der Waals surface area contributed by atoms with Crippen LogP contribution in [-0.2, 0) is 0 Å². The van der Waals surface area contributed by atoms with E-state index in [9.17, 15) is 0 Å². The Morgan fingerprint density at radius 1 is 0.333 bits per heavy atom. The summed E-state index contributed by atoms with van der Waals surface area (Å²) in [6, 6.07) is 0. The average molecular weight is 169 g/mol. The maximum absolute atomic E-state index is 0. The minimum atomic E-state index is 0. The summed E-state index contributed by atoms with van der Waals surface area (Å²) in [5.74, 6) is 0. The Labute approximate surface area is 119 Å². The molecule has 0 rings (SSSR count). The van der Waals surface area contributed by atoms with Crippen molar-refractivity contribution in [3.63, 3.8) is 0 Å². The fraction of sp³-hybridized carbons (Fsp3) is 0. The molecule has 0 aromatic heterocycles. The Kier molecular flexibility index (Phi) is 314. The van der Waals surface area contributed by atoms with Gasteiger partial charge < -0.3 is 0 Å². The van der Waals surface area contributed by atoms with Crippen molar-refractivity contribution >= 4 is 121 Å². The molecule has 0 spiro atoms. The van der Waals surface area contributed by atoms with Crippen LogP contribution in [0.1, 0.15) is 0 Å². The van der Waals surface area contributed by atoms with Crippen molar-refractivity contribution in [1.29, 1.82) is 0 Å². The molecule has 0 fully saturated rings. The monoisotopic (exact) mass is 168 g/mol. The minimum absolute atomic E-state index is 0. The molecule has 6 heavy (non-hydrogen) atoms. The van der Waals surface area contributed by atoms with Crippen LogP contribution in [-0.4, -0.2) is 121 Å². The van der Waals surface area contributed by atoms with Crippen molar-refractivity contribution in [2.75, 3.05) is 0 Å². The Bertz CT molecular complexity index is 6.00. The zero-order valence-corrected chi connectivity index (χ0v) is 0. The van der Waals surface area contributed by atoms with Crippen molar-refractivity contribution < 1.29 is 0 Å². The minimum Gasteiger partial charge on any atom is 0.187 e. The average Bonchev–Trinajstić information content (AvgIpc) is 0. The van der Waals surface area contributed by atoms with Crippen LogP contribution in [0.25, 0.3) is 0 Å². The molecule has 6 heteroatoms. The highest BCUT2D eigenvalue weighted by Gasteiger charge is 0.318. The van der Waals surface area contributed by atoms with Crippen molar-refractivity contribution in [3.8, 4) is 0 Å². The van der Waals surface area contributed by atoms with E-state index in [-0.39, 0.29) is 121 Å². The molecule has 30 valence electrons. The van der Waals surface area contributed by atoms with Crippen molar-refractivity contribution in [2.45, 2.75) is 0 Å². The molecular formula is H15Al3Mg3. The van der Waals surface area contributed by atoms with E-state index in [1.54, 1.807) is 0 Å². The maximum atomic E-state index is 0. The highest BCUT2D eigenvalue weighted by Crippen LogP contribution is -0.376. The molecule has 0 amide bonds. The first-order valence-electron chi connectivity index (χ1n) is 0. The van der Waals surface area contributed by atoms with Crippen LogP contribution in [0.4, 0.5) is 0 Å². The van der Waals surface area contributed by atoms with Gasteiger partial charge >= 0.3 is 69.2 Å². The molecule has 0 aliphatic rings. The van der Waals surface area contributed by atoms with Crippen molar-refractivity contribution in [3.05, 3.63) is 0 Å². The SMILES string of the molecule is [AlH3].[AlH3].[AlH3].[MgH2].[MgH2].[MgH2]. The Morgan fingerprint density at radius 2 is 0.333 bits per heavy atom. The molecule has 0 aliphatic heterocycles. The van der Waals surface area contributed by atoms with Gasteiger partial charge in [-0.3, -0.25) is 0 Å². The summed E-state index contributed by atoms with van der Waals surface area (Å²) >= 11 is 0. The molecule has 0 saturated heterocycles. The van der Waals surface area contributed by atoms with E-state index < -0.39 is 0 Å². The van der Waals surface area contributed by atoms with Crippen molar-refractivity contribution in [2.24, 2.45) is 0 Å². The zero-order chi connectivity index (χ0) is 0. The molecule has 0 aromatic rings. The smallest absolute Gasteiger partial charge is 0.187 e. The van der Waals surface area contributed by atoms with Gasteiger partial charge in [-0.2, -0.15) is 0 Å². The zero-order valence-electron chi connectivity index (χ0n) is 0. The predicted molar refractivity (Wildman–Crippen MR) is 55.4 cm³/mol. The summed E-state index contributed by atoms with van der Waals surface area (Å²) in [6.45, 7) is 0. The van der Waals surface area contributed by atoms with Crippen LogP contribution in [0.3, 0.4) is 0 Å². The molecule has 0 atom stereocenters. The second kappa shape index (κ2) is 36.5. The normalized spacial score (nSPS) is 0. The van der Waals surface area contributed by atoms with Gasteiger partial charge in [0.05, 0.1) is 0 Å². The lowest BCUT2D eigenvalue weighted by Gasteiger charge is 0.186. The summed E-state index contributed by atoms with van der Waals surface area (Å²) in [4.78, 5) is 0. The summed E-state index contributed by atoms with van der Waals surface area (Å²) < 4.78 is 0. The van der Waals surface area contributed by atoms with Gasteiger partial charge in [-0.05, 0) is 0 Å². The third-order valence-electron chi connectivity index (χ3n) is 0. The first kappa shape index (κ1) is 51.6. The van der Waals surface area contributed by atoms with E-state index in [0.29, 0.717) is 0 Å². The highest BCUT2D eigenvalue weighted by atomic mass is 27.0. The molecule has 0 radical (unpaired) electrons. The summed E-state index contributed by atoms with van der Waals surface area (Å²) in [5.41, 5.74) is 0. The summed E-state index contributed by atoms with van der Waals surface area (Å²) in [7, 11) is 0. The van der Waals surface area contributed by atoms with E-state index >= 15 is 0 Å². The lowest BCUT2D eigenvalue weighted by atomic mass is 24.3. The molecule has 0 nitrogen and oxygen atoms in total. The molecule has 0 aliphatic carbocycles. The van der Waals surface area contributed by atoms with E-state index in [1.165, 1.54) is 0 Å². The number of rotatable bonds is 0. The van der Waals surface area contributed by atoms with Gasteiger partial charge in [-0.25, -0.2) is 0 Å². The fourth-order valence-electron chi connectivity index (χ4n) is 0. The lowest BCUT2D eigenvalue weighted by molar-refractivity contribution is 5.75. The molecule has 0 unspecified atom stereocenters. The summed E-state index contributed by atoms with van der Waals surface area (Å²) in [5, 5.41) is 0. The van der Waals surface area contributed by atoms with Gasteiger partial charge in [-0.1, -0.05) is 0 Å². The maximum Gasteiger partial charge on any atom is 0.316 e. The molecule has 0 bridgehead atoms. The molecule has 0 N–H and O–H groups in total. The number of hydrogen-bond acceptors (Lipinski definition) is 0. The lowest BCUT2D eigenvalue weighted by Crippen LogP contribution is -0.382. The predicted octanol–water partition coefficient (Wildman–Crippen LogP) is -6.30. The first-order valence-corrected chi connectivity index (χ1v) is 0. The van der Waals surface area contributed by atoms with Gasteiger partial charge in [0.15, 0.2) is 52.1 Å². The van der Waals surface area contributed by atoms with Gasteiger partial charge in [-0.15, -0.1) is 0 Å². The van der Waals surface area contributed by atoms with Gasteiger partial charge in [0.25, 0.3) is 0 Å². The van der Waals surface area contributed by atoms with Gasteiger partial charge in [0, 0.05) is 0 Å². The summed E-state index contributed by atoms with van der Waals surface area (Å²) in [6.07, 6.45) is 0. The number of hydrogen-bond donors (Lipinski definition) is 0. The topological polar surface area (TPSA) is 0 Å². The standard InChI is InChI=1S/3Al.3Mg.15H. The van der Waals surface area contributed by atoms with Crippen molar-refractivity contribution in [1.82, 2.24) is 0 Å². The van der Waals surface area contributed by atoms with Gasteiger partial charge in [0.2, 0.25) is 0 Å². The fourth-order valence-corrected chi connectivity index (χ4v) is 0. The second-order valence-corrected chi connectivity index (χ2v) is 0. The largest absolute Gasteiger partial charge is 0.316 e. The third-order valence-corrected chi connectivity index (χ3v) is 0. The van der Waals surface area contributed by atoms with Crippen LogP contribution < -0.4 is 0 Å². The van der Waals surface area contributed by atoms with Crippen LogP contribution >= 0.6 is 0 Å². The Balaban J connectivity index is 0. The van der Waals surface area contributed by atoms with E-state index in [4.69, 9.17) is 0 Å².